The Morgan fingerprint density at radius 1 is 1.03 bits per heavy atom. The SMILES string of the molecule is CCc1cc(NCc2ccccc2-c2ccc(Cn3ccnc3)cc2)n2ncnc2n1. The summed E-state index contributed by atoms with van der Waals surface area (Å²) in [6.45, 7) is 3.58. The first-order chi connectivity index (χ1) is 15.3. The summed E-state index contributed by atoms with van der Waals surface area (Å²) in [6, 6.07) is 19.2. The summed E-state index contributed by atoms with van der Waals surface area (Å²) in [7, 11) is 0. The molecule has 0 aliphatic carbocycles. The molecule has 1 N–H and O–H groups in total. The van der Waals surface area contributed by atoms with Gasteiger partial charge in [0, 0.05) is 37.2 Å². The van der Waals surface area contributed by atoms with Crippen LogP contribution in [-0.2, 0) is 19.5 Å². The maximum atomic E-state index is 4.51. The van der Waals surface area contributed by atoms with Gasteiger partial charge < -0.3 is 9.88 Å². The van der Waals surface area contributed by atoms with Crippen LogP contribution >= 0.6 is 0 Å². The van der Waals surface area contributed by atoms with Crippen molar-refractivity contribution < 1.29 is 0 Å². The van der Waals surface area contributed by atoms with Gasteiger partial charge in [0.25, 0.3) is 5.78 Å². The van der Waals surface area contributed by atoms with Crippen molar-refractivity contribution in [3.05, 3.63) is 96.5 Å². The molecule has 0 fully saturated rings. The largest absolute Gasteiger partial charge is 0.366 e. The first-order valence-corrected chi connectivity index (χ1v) is 10.4. The lowest BCUT2D eigenvalue weighted by atomic mass is 9.98. The zero-order chi connectivity index (χ0) is 21.0. The molecular formula is C24H23N7. The first kappa shape index (κ1) is 19.0. The van der Waals surface area contributed by atoms with Crippen molar-refractivity contribution in [3.8, 4) is 11.1 Å². The van der Waals surface area contributed by atoms with Gasteiger partial charge in [-0.05, 0) is 28.7 Å². The zero-order valence-corrected chi connectivity index (χ0v) is 17.3. The van der Waals surface area contributed by atoms with Crippen LogP contribution in [0.15, 0.2) is 79.6 Å². The molecule has 5 rings (SSSR count). The van der Waals surface area contributed by atoms with Crippen LogP contribution in [0.2, 0.25) is 0 Å². The average molecular weight is 409 g/mol. The van der Waals surface area contributed by atoms with E-state index in [1.54, 1.807) is 10.7 Å². The number of benzene rings is 2. The molecule has 0 aliphatic rings. The van der Waals surface area contributed by atoms with Crippen molar-refractivity contribution in [2.24, 2.45) is 0 Å². The molecule has 0 amide bonds. The molecule has 0 spiro atoms. The summed E-state index contributed by atoms with van der Waals surface area (Å²) in [4.78, 5) is 12.9. The first-order valence-electron chi connectivity index (χ1n) is 10.4. The van der Waals surface area contributed by atoms with Gasteiger partial charge in [-0.2, -0.15) is 14.6 Å². The third-order valence-electron chi connectivity index (χ3n) is 5.33. The van der Waals surface area contributed by atoms with E-state index in [1.165, 1.54) is 28.6 Å². The molecule has 0 bridgehead atoms. The number of hydrogen-bond acceptors (Lipinski definition) is 5. The molecule has 7 nitrogen and oxygen atoms in total. The molecule has 0 saturated heterocycles. The third kappa shape index (κ3) is 4.02. The van der Waals surface area contributed by atoms with E-state index >= 15 is 0 Å². The van der Waals surface area contributed by atoms with E-state index in [9.17, 15) is 0 Å². The second-order valence-corrected chi connectivity index (χ2v) is 7.40. The molecule has 0 atom stereocenters. The Bertz CT molecular complexity index is 1290. The maximum Gasteiger partial charge on any atom is 0.254 e. The lowest BCUT2D eigenvalue weighted by Gasteiger charge is -2.13. The van der Waals surface area contributed by atoms with E-state index in [0.29, 0.717) is 12.3 Å². The Morgan fingerprint density at radius 3 is 2.71 bits per heavy atom. The van der Waals surface area contributed by atoms with Crippen LogP contribution in [-0.4, -0.2) is 29.1 Å². The summed E-state index contributed by atoms with van der Waals surface area (Å²) >= 11 is 0. The maximum absolute atomic E-state index is 4.51. The van der Waals surface area contributed by atoms with Crippen molar-refractivity contribution in [1.29, 1.82) is 0 Å². The molecule has 0 saturated carbocycles. The third-order valence-corrected chi connectivity index (χ3v) is 5.33. The highest BCUT2D eigenvalue weighted by molar-refractivity contribution is 5.68. The molecule has 0 radical (unpaired) electrons. The molecular weight excluding hydrogens is 386 g/mol. The fourth-order valence-electron chi connectivity index (χ4n) is 3.69. The Morgan fingerprint density at radius 2 is 1.90 bits per heavy atom. The van der Waals surface area contributed by atoms with Crippen molar-refractivity contribution in [1.82, 2.24) is 29.1 Å². The van der Waals surface area contributed by atoms with Gasteiger partial charge in [-0.3, -0.25) is 0 Å². The number of aromatic nitrogens is 6. The minimum absolute atomic E-state index is 0.614. The number of fused-ring (bicyclic) bond motifs is 1. The Kier molecular flexibility index (Phi) is 5.14. The van der Waals surface area contributed by atoms with E-state index < -0.39 is 0 Å². The van der Waals surface area contributed by atoms with E-state index in [4.69, 9.17) is 0 Å². The summed E-state index contributed by atoms with van der Waals surface area (Å²) in [5, 5.41) is 7.83. The molecule has 3 heterocycles. The average Bonchev–Trinajstić information content (AvgIpc) is 3.50. The van der Waals surface area contributed by atoms with Crippen molar-refractivity contribution in [2.75, 3.05) is 5.32 Å². The molecule has 3 aromatic heterocycles. The highest BCUT2D eigenvalue weighted by Gasteiger charge is 2.09. The van der Waals surface area contributed by atoms with Crippen LogP contribution in [0.5, 0.6) is 0 Å². The smallest absolute Gasteiger partial charge is 0.254 e. The summed E-state index contributed by atoms with van der Waals surface area (Å²) in [6.07, 6.45) is 8.00. The normalized spacial score (nSPS) is 11.1. The minimum Gasteiger partial charge on any atom is -0.366 e. The predicted molar refractivity (Wildman–Crippen MR) is 121 cm³/mol. The van der Waals surface area contributed by atoms with Crippen LogP contribution in [0.25, 0.3) is 16.9 Å². The second-order valence-electron chi connectivity index (χ2n) is 7.40. The highest BCUT2D eigenvalue weighted by Crippen LogP contribution is 2.25. The number of hydrogen-bond donors (Lipinski definition) is 1. The molecule has 0 unspecified atom stereocenters. The summed E-state index contributed by atoms with van der Waals surface area (Å²) in [5.74, 6) is 1.51. The summed E-state index contributed by atoms with van der Waals surface area (Å²) < 4.78 is 3.81. The van der Waals surface area contributed by atoms with Crippen LogP contribution in [0.4, 0.5) is 5.82 Å². The number of aryl methyl sites for hydroxylation is 1. The topological polar surface area (TPSA) is 72.9 Å². The van der Waals surface area contributed by atoms with Crippen molar-refractivity contribution in [3.63, 3.8) is 0 Å². The van der Waals surface area contributed by atoms with Gasteiger partial charge in [-0.15, -0.1) is 0 Å². The minimum atomic E-state index is 0.614. The van der Waals surface area contributed by atoms with Crippen LogP contribution in [0.3, 0.4) is 0 Å². The summed E-state index contributed by atoms with van der Waals surface area (Å²) in [5.41, 5.74) is 5.86. The van der Waals surface area contributed by atoms with E-state index in [0.717, 1.165) is 24.5 Å². The Hall–Kier alpha value is -4.00. The van der Waals surface area contributed by atoms with Crippen molar-refractivity contribution in [2.45, 2.75) is 26.4 Å². The predicted octanol–water partition coefficient (Wildman–Crippen LogP) is 4.21. The van der Waals surface area contributed by atoms with Gasteiger partial charge in [0.1, 0.15) is 12.1 Å². The van der Waals surface area contributed by atoms with E-state index in [2.05, 4.69) is 85.4 Å². The van der Waals surface area contributed by atoms with Gasteiger partial charge in [-0.25, -0.2) is 9.97 Å². The zero-order valence-electron chi connectivity index (χ0n) is 17.3. The van der Waals surface area contributed by atoms with Crippen molar-refractivity contribution >= 4 is 11.6 Å². The van der Waals surface area contributed by atoms with Crippen LogP contribution in [0, 0.1) is 0 Å². The van der Waals surface area contributed by atoms with Gasteiger partial charge in [0.15, 0.2) is 0 Å². The van der Waals surface area contributed by atoms with Gasteiger partial charge in [0.2, 0.25) is 0 Å². The lowest BCUT2D eigenvalue weighted by molar-refractivity contribution is 0.797. The molecule has 31 heavy (non-hydrogen) atoms. The number of imidazole rings is 1. The monoisotopic (exact) mass is 409 g/mol. The van der Waals surface area contributed by atoms with E-state index in [-0.39, 0.29) is 0 Å². The van der Waals surface area contributed by atoms with Crippen LogP contribution < -0.4 is 5.32 Å². The molecule has 7 heteroatoms. The molecule has 154 valence electrons. The van der Waals surface area contributed by atoms with Gasteiger partial charge in [-0.1, -0.05) is 55.5 Å². The highest BCUT2D eigenvalue weighted by atomic mass is 15.3. The molecule has 0 aliphatic heterocycles. The number of nitrogens with one attached hydrogen (secondary N) is 1. The number of nitrogens with zero attached hydrogens (tertiary/aromatic N) is 6. The fraction of sp³-hybridized carbons (Fsp3) is 0.167. The van der Waals surface area contributed by atoms with Gasteiger partial charge >= 0.3 is 0 Å². The Labute approximate surface area is 180 Å². The molecule has 5 aromatic rings. The van der Waals surface area contributed by atoms with E-state index in [1.807, 2.05) is 18.6 Å². The van der Waals surface area contributed by atoms with Crippen LogP contribution in [0.1, 0.15) is 23.7 Å². The lowest BCUT2D eigenvalue weighted by Crippen LogP contribution is -2.08. The molecule has 2 aromatic carbocycles. The second kappa shape index (κ2) is 8.39. The quantitative estimate of drug-likeness (QED) is 0.436. The standard InChI is InChI=1S/C24H23N7/c1-2-21-13-23(31-24(29-21)27-16-28-31)26-14-20-5-3-4-6-22(20)19-9-7-18(8-10-19)15-30-12-11-25-17-30/h3-13,16-17,26H,2,14-15H2,1H3. The number of rotatable bonds is 7. The number of anilines is 1. The Balaban J connectivity index is 1.38. The fourth-order valence-corrected chi connectivity index (χ4v) is 3.69. The van der Waals surface area contributed by atoms with Gasteiger partial charge in [0.05, 0.1) is 6.33 Å².